The standard InChI is InChI=1S/C45H70N4O11/c1-10-32-18-26(2)17-27(3)19-38(57-8)41-39(58-9)21-29(5)45(55,60-41)42(52)43(53)48-16-12-11-13-34(48)44(54)59-40(30(6)35(50)23-36(32)51)28(4)20-31-14-15-33(37(22-31)56-7)49-25-46-24-47-49/h18,20,24-25,27,29-35,37-41,50,55H,10-17,19,21-23H2,1-9H3/b26-18+,28-20?/t27-,29+,30+,31-,32?,33-,34-,35?,37+,38?,39-,40+,41+,45+/m0/s1. The molecule has 3 unspecified atom stereocenters. The van der Waals surface area contributed by atoms with Gasteiger partial charge in [-0.15, -0.1) is 0 Å². The van der Waals surface area contributed by atoms with Crippen LogP contribution >= 0.6 is 0 Å². The molecule has 1 aromatic rings. The van der Waals surface area contributed by atoms with Gasteiger partial charge in [-0.3, -0.25) is 14.4 Å². The van der Waals surface area contributed by atoms with Gasteiger partial charge in [0.25, 0.3) is 11.7 Å². The number of aliphatic hydroxyl groups is 2. The normalized spacial score (nSPS) is 39.6. The van der Waals surface area contributed by atoms with Gasteiger partial charge in [-0.1, -0.05) is 45.4 Å². The molecule has 15 nitrogen and oxygen atoms in total. The van der Waals surface area contributed by atoms with E-state index in [1.807, 2.05) is 31.5 Å². The number of ketones is 2. The number of carbonyl (C=O) groups is 4. The van der Waals surface area contributed by atoms with Crippen LogP contribution in [0.1, 0.15) is 118 Å². The molecule has 3 fully saturated rings. The van der Waals surface area contributed by atoms with Gasteiger partial charge < -0.3 is 38.8 Å². The molecule has 5 rings (SSSR count). The Bertz CT molecular complexity index is 1680. The van der Waals surface area contributed by atoms with Crippen molar-refractivity contribution in [3.63, 3.8) is 0 Å². The maximum Gasteiger partial charge on any atom is 0.329 e. The second-order valence-corrected chi connectivity index (χ2v) is 18.0. The summed E-state index contributed by atoms with van der Waals surface area (Å²) in [6.45, 7) is 11.4. The third-order valence-electron chi connectivity index (χ3n) is 13.7. The van der Waals surface area contributed by atoms with Crippen LogP contribution in [0, 0.1) is 29.6 Å². The highest BCUT2D eigenvalue weighted by Gasteiger charge is 2.56. The van der Waals surface area contributed by atoms with Crippen molar-refractivity contribution in [2.24, 2.45) is 29.6 Å². The summed E-state index contributed by atoms with van der Waals surface area (Å²) < 4.78 is 32.1. The molecule has 3 aliphatic heterocycles. The lowest BCUT2D eigenvalue weighted by Gasteiger charge is -2.47. The maximum atomic E-state index is 14.4. The number of methoxy groups -OCH3 is 3. The monoisotopic (exact) mass is 843 g/mol. The molecule has 1 aliphatic carbocycles. The molecule has 336 valence electrons. The molecular formula is C45H70N4O11. The van der Waals surface area contributed by atoms with Crippen molar-refractivity contribution in [3.05, 3.63) is 36.0 Å². The Morgan fingerprint density at radius 1 is 0.967 bits per heavy atom. The number of aromatic nitrogens is 3. The SMILES string of the molecule is CCC1/C=C(\C)C[C@H](C)CC(OC)[C@H]2O[C@@](O)(C(=O)C(=O)N3CCCC[C@H]3C(=O)O[C@H](C(C)=C[C@@H]3CC[C@H](n4cncn4)[C@H](OC)C3)[C@H](C)C(O)CC1=O)[C@H](C)C[C@@H]2OC. The molecular weight excluding hydrogens is 773 g/mol. The number of aliphatic hydroxyl groups excluding tert-OH is 1. The first-order chi connectivity index (χ1) is 28.6. The lowest BCUT2D eigenvalue weighted by atomic mass is 9.81. The number of esters is 1. The number of cyclic esters (lactones) is 1. The highest BCUT2D eigenvalue weighted by atomic mass is 16.7. The van der Waals surface area contributed by atoms with E-state index in [9.17, 15) is 29.4 Å². The summed E-state index contributed by atoms with van der Waals surface area (Å²) in [5, 5.41) is 28.2. The van der Waals surface area contributed by atoms with Crippen LogP contribution in [0.5, 0.6) is 0 Å². The molecule has 4 aliphatic rings. The average molecular weight is 843 g/mol. The zero-order valence-electron chi connectivity index (χ0n) is 37.2. The number of Topliss-reactive ketones (excluding diaryl/α,β-unsaturated/α-hetero) is 2. The Kier molecular flexibility index (Phi) is 16.8. The molecule has 14 atom stereocenters. The van der Waals surface area contributed by atoms with E-state index in [2.05, 4.69) is 23.1 Å². The molecule has 0 aromatic carbocycles. The summed E-state index contributed by atoms with van der Waals surface area (Å²) in [5.41, 5.74) is 1.70. The molecule has 1 aromatic heterocycles. The van der Waals surface area contributed by atoms with E-state index in [0.29, 0.717) is 44.1 Å². The van der Waals surface area contributed by atoms with Gasteiger partial charge >= 0.3 is 5.97 Å². The molecule has 60 heavy (non-hydrogen) atoms. The second-order valence-electron chi connectivity index (χ2n) is 18.0. The van der Waals surface area contributed by atoms with Crippen molar-refractivity contribution in [3.8, 4) is 0 Å². The Morgan fingerprint density at radius 3 is 2.32 bits per heavy atom. The largest absolute Gasteiger partial charge is 0.456 e. The zero-order valence-corrected chi connectivity index (χ0v) is 37.2. The predicted molar refractivity (Wildman–Crippen MR) is 221 cm³/mol. The molecule has 15 heteroatoms. The average Bonchev–Trinajstić information content (AvgIpc) is 3.78. The fourth-order valence-corrected chi connectivity index (χ4v) is 10.1. The van der Waals surface area contributed by atoms with E-state index < -0.39 is 77.8 Å². The van der Waals surface area contributed by atoms with Gasteiger partial charge in [-0.25, -0.2) is 14.5 Å². The Morgan fingerprint density at radius 2 is 1.67 bits per heavy atom. The molecule has 1 saturated carbocycles. The van der Waals surface area contributed by atoms with Crippen molar-refractivity contribution in [2.75, 3.05) is 27.9 Å². The van der Waals surface area contributed by atoms with Crippen LogP contribution in [-0.4, -0.2) is 130 Å². The summed E-state index contributed by atoms with van der Waals surface area (Å²) in [7, 11) is 4.75. The first kappa shape index (κ1) is 47.7. The zero-order chi connectivity index (χ0) is 43.9. The number of hydrogen-bond donors (Lipinski definition) is 2. The number of nitrogens with zero attached hydrogens (tertiary/aromatic N) is 4. The fraction of sp³-hybridized carbons (Fsp3) is 0.778. The van der Waals surface area contributed by atoms with Gasteiger partial charge in [-0.2, -0.15) is 5.10 Å². The van der Waals surface area contributed by atoms with Gasteiger partial charge in [0.1, 0.15) is 36.7 Å². The smallest absolute Gasteiger partial charge is 0.329 e. The summed E-state index contributed by atoms with van der Waals surface area (Å²) in [6.07, 6.45) is 8.30. The lowest BCUT2D eigenvalue weighted by Crippen LogP contribution is -2.64. The lowest BCUT2D eigenvalue weighted by molar-refractivity contribution is -0.302. The second kappa shape index (κ2) is 21.2. The van der Waals surface area contributed by atoms with E-state index in [1.165, 1.54) is 25.4 Å². The highest BCUT2D eigenvalue weighted by Crippen LogP contribution is 2.40. The van der Waals surface area contributed by atoms with Crippen LogP contribution in [-0.2, 0) is 42.9 Å². The topological polar surface area (TPSA) is 189 Å². The van der Waals surface area contributed by atoms with E-state index in [-0.39, 0.29) is 55.6 Å². The van der Waals surface area contributed by atoms with Crippen LogP contribution in [0.15, 0.2) is 36.0 Å². The van der Waals surface area contributed by atoms with Crippen LogP contribution in [0.25, 0.3) is 0 Å². The minimum Gasteiger partial charge on any atom is -0.456 e. The predicted octanol–water partition coefficient (Wildman–Crippen LogP) is 4.94. The number of piperidine rings is 1. The molecule has 0 spiro atoms. The minimum atomic E-state index is -2.50. The van der Waals surface area contributed by atoms with Crippen molar-refractivity contribution in [1.82, 2.24) is 19.7 Å². The molecule has 2 N–H and O–H groups in total. The van der Waals surface area contributed by atoms with Gasteiger partial charge in [0.15, 0.2) is 0 Å². The fourth-order valence-electron chi connectivity index (χ4n) is 10.1. The van der Waals surface area contributed by atoms with Crippen LogP contribution < -0.4 is 0 Å². The first-order valence-corrected chi connectivity index (χ1v) is 22.0. The van der Waals surface area contributed by atoms with Crippen molar-refractivity contribution >= 4 is 23.4 Å². The van der Waals surface area contributed by atoms with Crippen molar-refractivity contribution < 1.29 is 53.1 Å². The van der Waals surface area contributed by atoms with Crippen LogP contribution in [0.2, 0.25) is 0 Å². The third-order valence-corrected chi connectivity index (χ3v) is 13.7. The number of carbonyl (C=O) groups excluding carboxylic acids is 4. The molecule has 2 bridgehead atoms. The number of ether oxygens (including phenoxy) is 5. The van der Waals surface area contributed by atoms with E-state index >= 15 is 0 Å². The van der Waals surface area contributed by atoms with E-state index in [1.54, 1.807) is 27.3 Å². The molecule has 1 amide bonds. The number of rotatable bonds is 7. The number of hydrogen-bond acceptors (Lipinski definition) is 13. The van der Waals surface area contributed by atoms with Crippen molar-refractivity contribution in [1.29, 1.82) is 0 Å². The van der Waals surface area contributed by atoms with Gasteiger partial charge in [0.2, 0.25) is 5.79 Å². The van der Waals surface area contributed by atoms with Crippen LogP contribution in [0.4, 0.5) is 0 Å². The number of allylic oxidation sites excluding steroid dienone is 3. The summed E-state index contributed by atoms with van der Waals surface area (Å²) in [6, 6.07) is -1.11. The van der Waals surface area contributed by atoms with Gasteiger partial charge in [0, 0.05) is 52.0 Å². The quantitative estimate of drug-likeness (QED) is 0.214. The highest BCUT2D eigenvalue weighted by molar-refractivity contribution is 6.39. The molecule has 0 radical (unpaired) electrons. The summed E-state index contributed by atoms with van der Waals surface area (Å²) in [5.74, 6) is -7.40. The Labute approximate surface area is 355 Å². The van der Waals surface area contributed by atoms with E-state index in [0.717, 1.165) is 18.4 Å². The van der Waals surface area contributed by atoms with Gasteiger partial charge in [-0.05, 0) is 95.5 Å². The third kappa shape index (κ3) is 10.8. The van der Waals surface area contributed by atoms with Gasteiger partial charge in [0.05, 0.1) is 30.5 Å². The number of fused-ring (bicyclic) bond motifs is 3. The molecule has 4 heterocycles. The van der Waals surface area contributed by atoms with E-state index in [4.69, 9.17) is 23.7 Å². The molecule has 2 saturated heterocycles. The maximum absolute atomic E-state index is 14.4. The number of amides is 1. The van der Waals surface area contributed by atoms with Crippen molar-refractivity contribution in [2.45, 2.75) is 167 Å². The first-order valence-electron chi connectivity index (χ1n) is 22.0. The Balaban J connectivity index is 1.51. The summed E-state index contributed by atoms with van der Waals surface area (Å²) >= 11 is 0. The Hall–Kier alpha value is -3.34. The van der Waals surface area contributed by atoms with Crippen LogP contribution in [0.3, 0.4) is 0 Å². The minimum absolute atomic E-state index is 0.0138. The summed E-state index contributed by atoms with van der Waals surface area (Å²) in [4.78, 5) is 62.2.